The highest BCUT2D eigenvalue weighted by atomic mass is 32.2. The minimum absolute atomic E-state index is 0.0190. The summed E-state index contributed by atoms with van der Waals surface area (Å²) < 4.78 is 13.0. The second-order valence-corrected chi connectivity index (χ2v) is 8.48. The Morgan fingerprint density at radius 3 is 2.92 bits per heavy atom. The van der Waals surface area contributed by atoms with E-state index in [2.05, 4.69) is 16.9 Å². The van der Waals surface area contributed by atoms with Crippen molar-refractivity contribution < 1.29 is 9.18 Å². The summed E-state index contributed by atoms with van der Waals surface area (Å²) in [6.45, 7) is 2.29. The largest absolute Gasteiger partial charge is 0.293 e. The average molecular weight is 372 g/mol. The van der Waals surface area contributed by atoms with Crippen LogP contribution in [0.15, 0.2) is 35.6 Å². The van der Waals surface area contributed by atoms with E-state index in [-0.39, 0.29) is 11.6 Å². The van der Waals surface area contributed by atoms with E-state index in [1.807, 2.05) is 0 Å². The molecule has 0 aliphatic heterocycles. The number of thiophene rings is 1. The first-order valence-corrected chi connectivity index (χ1v) is 10.1. The smallest absolute Gasteiger partial charge is 0.173 e. The molecule has 25 heavy (non-hydrogen) atoms. The Bertz CT molecular complexity index is 936. The number of thioether (sulfide) groups is 1. The number of hydrogen-bond donors (Lipinski definition) is 0. The van der Waals surface area contributed by atoms with Crippen molar-refractivity contribution in [1.82, 2.24) is 9.97 Å². The number of aromatic nitrogens is 2. The molecule has 0 saturated carbocycles. The van der Waals surface area contributed by atoms with Gasteiger partial charge in [-0.3, -0.25) is 4.79 Å². The highest BCUT2D eigenvalue weighted by Crippen LogP contribution is 2.40. The van der Waals surface area contributed by atoms with Crippen LogP contribution in [0.4, 0.5) is 4.39 Å². The zero-order valence-electron chi connectivity index (χ0n) is 13.8. The Labute approximate surface area is 153 Å². The first kappa shape index (κ1) is 16.7. The second-order valence-electron chi connectivity index (χ2n) is 6.43. The summed E-state index contributed by atoms with van der Waals surface area (Å²) in [6.07, 6.45) is 4.93. The van der Waals surface area contributed by atoms with Crippen LogP contribution in [0.1, 0.15) is 34.1 Å². The molecule has 0 saturated heterocycles. The average Bonchev–Trinajstić information content (AvgIpc) is 2.98. The van der Waals surface area contributed by atoms with Crippen molar-refractivity contribution >= 4 is 39.1 Å². The van der Waals surface area contributed by atoms with Gasteiger partial charge >= 0.3 is 0 Å². The standard InChI is InChI=1S/C19H17FN2OS2/c1-11-2-7-14-16(8-11)25-19-17(14)18(21-10-22-19)24-9-15(23)12-3-5-13(20)6-4-12/h3-6,10-11H,2,7-9H2,1H3/t11-/m1/s1. The zero-order chi connectivity index (χ0) is 17.4. The molecule has 3 nitrogen and oxygen atoms in total. The molecule has 0 unspecified atom stereocenters. The Morgan fingerprint density at radius 2 is 2.12 bits per heavy atom. The molecule has 1 atom stereocenters. The summed E-state index contributed by atoms with van der Waals surface area (Å²) in [5.41, 5.74) is 1.90. The van der Waals surface area contributed by atoms with Gasteiger partial charge in [-0.25, -0.2) is 14.4 Å². The third kappa shape index (κ3) is 3.33. The number of hydrogen-bond acceptors (Lipinski definition) is 5. The maximum absolute atomic E-state index is 13.0. The number of carbonyl (C=O) groups excluding carboxylic acids is 1. The number of halogens is 1. The fraction of sp³-hybridized carbons (Fsp3) is 0.316. The summed E-state index contributed by atoms with van der Waals surface area (Å²) in [6, 6.07) is 5.69. The predicted molar refractivity (Wildman–Crippen MR) is 100 cm³/mol. The predicted octanol–water partition coefficient (Wildman–Crippen LogP) is 4.93. The van der Waals surface area contributed by atoms with Crippen molar-refractivity contribution in [3.63, 3.8) is 0 Å². The van der Waals surface area contributed by atoms with Gasteiger partial charge in [0, 0.05) is 15.8 Å². The number of fused-ring (bicyclic) bond motifs is 3. The van der Waals surface area contributed by atoms with E-state index in [4.69, 9.17) is 0 Å². The lowest BCUT2D eigenvalue weighted by Crippen LogP contribution is -2.09. The molecule has 3 aromatic rings. The van der Waals surface area contributed by atoms with Crippen LogP contribution in [0, 0.1) is 11.7 Å². The van der Waals surface area contributed by atoms with E-state index in [0.29, 0.717) is 17.2 Å². The van der Waals surface area contributed by atoms with Crippen LogP contribution in [-0.2, 0) is 12.8 Å². The molecular weight excluding hydrogens is 355 g/mol. The SMILES string of the molecule is C[C@@H]1CCc2c(sc3ncnc(SCC(=O)c4ccc(F)cc4)c23)C1. The van der Waals surface area contributed by atoms with E-state index < -0.39 is 0 Å². The van der Waals surface area contributed by atoms with Crippen molar-refractivity contribution in [2.75, 3.05) is 5.75 Å². The number of Topliss-reactive ketones (excluding diaryl/α,β-unsaturated/α-hetero) is 1. The normalized spacial score (nSPS) is 16.8. The summed E-state index contributed by atoms with van der Waals surface area (Å²) in [5.74, 6) is 0.652. The van der Waals surface area contributed by atoms with E-state index in [0.717, 1.165) is 28.1 Å². The minimum Gasteiger partial charge on any atom is -0.293 e. The van der Waals surface area contributed by atoms with E-state index in [9.17, 15) is 9.18 Å². The quantitative estimate of drug-likeness (QED) is 0.370. The Balaban J connectivity index is 1.59. The summed E-state index contributed by atoms with van der Waals surface area (Å²) in [7, 11) is 0. The molecular formula is C19H17FN2OS2. The van der Waals surface area contributed by atoms with Gasteiger partial charge in [-0.15, -0.1) is 11.3 Å². The van der Waals surface area contributed by atoms with Gasteiger partial charge in [-0.1, -0.05) is 18.7 Å². The molecule has 0 bridgehead atoms. The van der Waals surface area contributed by atoms with E-state index in [1.54, 1.807) is 17.7 Å². The van der Waals surface area contributed by atoms with E-state index >= 15 is 0 Å². The number of benzene rings is 1. The minimum atomic E-state index is -0.333. The molecule has 0 N–H and O–H groups in total. The van der Waals surface area contributed by atoms with Crippen molar-refractivity contribution in [2.45, 2.75) is 31.2 Å². The number of aryl methyl sites for hydroxylation is 1. The molecule has 128 valence electrons. The summed E-state index contributed by atoms with van der Waals surface area (Å²) in [4.78, 5) is 23.7. The van der Waals surface area contributed by atoms with Gasteiger partial charge in [-0.2, -0.15) is 0 Å². The highest BCUT2D eigenvalue weighted by molar-refractivity contribution is 8.00. The third-order valence-electron chi connectivity index (χ3n) is 4.56. The molecule has 1 aliphatic carbocycles. The topological polar surface area (TPSA) is 42.9 Å². The summed E-state index contributed by atoms with van der Waals surface area (Å²) >= 11 is 3.21. The lowest BCUT2D eigenvalue weighted by atomic mass is 9.89. The molecule has 1 aromatic carbocycles. The van der Waals surface area contributed by atoms with Gasteiger partial charge in [0.05, 0.1) is 5.75 Å². The van der Waals surface area contributed by atoms with Gasteiger partial charge in [0.2, 0.25) is 0 Å². The molecule has 2 aromatic heterocycles. The Morgan fingerprint density at radius 1 is 1.32 bits per heavy atom. The van der Waals surface area contributed by atoms with Crippen LogP contribution in [-0.4, -0.2) is 21.5 Å². The van der Waals surface area contributed by atoms with Gasteiger partial charge in [0.1, 0.15) is 22.0 Å². The maximum Gasteiger partial charge on any atom is 0.173 e. The van der Waals surface area contributed by atoms with Crippen molar-refractivity contribution in [1.29, 1.82) is 0 Å². The highest BCUT2D eigenvalue weighted by Gasteiger charge is 2.23. The lowest BCUT2D eigenvalue weighted by Gasteiger charge is -2.18. The Hall–Kier alpha value is -1.79. The number of nitrogens with zero attached hydrogens (tertiary/aromatic N) is 2. The molecule has 0 amide bonds. The second kappa shape index (κ2) is 6.84. The van der Waals surface area contributed by atoms with Crippen molar-refractivity contribution in [2.24, 2.45) is 5.92 Å². The van der Waals surface area contributed by atoms with Gasteiger partial charge in [-0.05, 0) is 55.0 Å². The Kier molecular flexibility index (Phi) is 4.56. The van der Waals surface area contributed by atoms with Crippen LogP contribution in [0.3, 0.4) is 0 Å². The fourth-order valence-electron chi connectivity index (χ4n) is 3.21. The van der Waals surface area contributed by atoms with Gasteiger partial charge in [0.15, 0.2) is 5.78 Å². The fourth-order valence-corrected chi connectivity index (χ4v) is 5.54. The molecule has 1 aliphatic rings. The monoisotopic (exact) mass is 372 g/mol. The van der Waals surface area contributed by atoms with Crippen LogP contribution in [0.2, 0.25) is 0 Å². The molecule has 4 rings (SSSR count). The van der Waals surface area contributed by atoms with Gasteiger partial charge in [0.25, 0.3) is 0 Å². The number of carbonyl (C=O) groups is 1. The van der Waals surface area contributed by atoms with Crippen LogP contribution >= 0.6 is 23.1 Å². The molecule has 0 spiro atoms. The maximum atomic E-state index is 13.0. The van der Waals surface area contributed by atoms with E-state index in [1.165, 1.54) is 52.9 Å². The zero-order valence-corrected chi connectivity index (χ0v) is 15.4. The number of rotatable bonds is 4. The molecule has 0 fully saturated rings. The first-order chi connectivity index (χ1) is 12.1. The molecule has 2 heterocycles. The van der Waals surface area contributed by atoms with Gasteiger partial charge < -0.3 is 0 Å². The third-order valence-corrected chi connectivity index (χ3v) is 6.71. The van der Waals surface area contributed by atoms with Crippen molar-refractivity contribution in [3.05, 3.63) is 52.4 Å². The summed E-state index contributed by atoms with van der Waals surface area (Å²) in [5, 5.41) is 2.01. The van der Waals surface area contributed by atoms with Crippen LogP contribution in [0.25, 0.3) is 10.2 Å². The van der Waals surface area contributed by atoms with Crippen LogP contribution < -0.4 is 0 Å². The lowest BCUT2D eigenvalue weighted by molar-refractivity contribution is 0.102. The van der Waals surface area contributed by atoms with Crippen LogP contribution in [0.5, 0.6) is 0 Å². The first-order valence-electron chi connectivity index (χ1n) is 8.28. The van der Waals surface area contributed by atoms with Crippen molar-refractivity contribution in [3.8, 4) is 0 Å². The molecule has 0 radical (unpaired) electrons. The molecule has 6 heteroatoms. The number of ketones is 1.